The smallest absolute Gasteiger partial charge is 0.410 e. The number of likely N-dealkylation sites (tertiary alicyclic amines) is 1. The first kappa shape index (κ1) is 33.0. The van der Waals surface area contributed by atoms with Gasteiger partial charge in [0.15, 0.2) is 0 Å². The van der Waals surface area contributed by atoms with Gasteiger partial charge in [-0.2, -0.15) is 5.10 Å². The van der Waals surface area contributed by atoms with Crippen LogP contribution in [0.4, 0.5) is 14.9 Å². The van der Waals surface area contributed by atoms with Crippen LogP contribution in [-0.4, -0.2) is 89.5 Å². The first-order valence-corrected chi connectivity index (χ1v) is 16.4. The molecule has 2 aliphatic heterocycles. The monoisotopic (exact) mass is 659 g/mol. The molecule has 2 aromatic carbocycles. The number of carbonyl (C=O) groups excluding carboxylic acids is 3. The lowest BCUT2D eigenvalue weighted by Gasteiger charge is -2.36. The quantitative estimate of drug-likeness (QED) is 0.220. The van der Waals surface area contributed by atoms with Gasteiger partial charge in [-0.25, -0.2) is 14.0 Å². The number of benzene rings is 2. The molecule has 0 radical (unpaired) electrons. The molecule has 2 saturated heterocycles. The molecule has 0 bridgehead atoms. The summed E-state index contributed by atoms with van der Waals surface area (Å²) in [5, 5.41) is 4.38. The van der Waals surface area contributed by atoms with E-state index in [0.717, 1.165) is 24.1 Å². The number of fused-ring (bicyclic) bond motifs is 1. The van der Waals surface area contributed by atoms with Crippen molar-refractivity contribution in [3.8, 4) is 11.1 Å². The van der Waals surface area contributed by atoms with Gasteiger partial charge in [-0.3, -0.25) is 9.48 Å². The van der Waals surface area contributed by atoms with E-state index in [1.807, 2.05) is 62.2 Å². The Kier molecular flexibility index (Phi) is 9.43. The van der Waals surface area contributed by atoms with Gasteiger partial charge < -0.3 is 28.6 Å². The lowest BCUT2D eigenvalue weighted by atomic mass is 9.87. The fourth-order valence-corrected chi connectivity index (χ4v) is 6.49. The van der Waals surface area contributed by atoms with E-state index in [1.54, 1.807) is 21.8 Å². The second kappa shape index (κ2) is 13.7. The summed E-state index contributed by atoms with van der Waals surface area (Å²) in [6, 6.07) is 12.9. The van der Waals surface area contributed by atoms with Crippen LogP contribution in [0.2, 0.25) is 0 Å². The van der Waals surface area contributed by atoms with Gasteiger partial charge in [-0.15, -0.1) is 0 Å². The van der Waals surface area contributed by atoms with Gasteiger partial charge in [-0.1, -0.05) is 12.1 Å². The molecule has 0 aliphatic carbocycles. The summed E-state index contributed by atoms with van der Waals surface area (Å²) < 4.78 is 34.4. The van der Waals surface area contributed by atoms with Crippen molar-refractivity contribution in [2.45, 2.75) is 58.1 Å². The van der Waals surface area contributed by atoms with Crippen molar-refractivity contribution in [1.82, 2.24) is 19.6 Å². The highest BCUT2D eigenvalue weighted by Gasteiger charge is 2.30. The van der Waals surface area contributed by atoms with E-state index in [1.165, 1.54) is 13.2 Å². The first-order chi connectivity index (χ1) is 23.0. The highest BCUT2D eigenvalue weighted by molar-refractivity contribution is 5.99. The molecule has 12 heteroatoms. The summed E-state index contributed by atoms with van der Waals surface area (Å²) >= 11 is 0. The van der Waals surface area contributed by atoms with Gasteiger partial charge in [0.1, 0.15) is 17.0 Å². The number of furan rings is 1. The largest absolute Gasteiger partial charge is 0.463 e. The number of esters is 1. The molecule has 11 nitrogen and oxygen atoms in total. The molecular formula is C36H42FN5O6. The van der Waals surface area contributed by atoms with Crippen molar-refractivity contribution >= 4 is 34.6 Å². The number of methoxy groups -OCH3 is 1. The lowest BCUT2D eigenvalue weighted by Crippen LogP contribution is -2.50. The van der Waals surface area contributed by atoms with Crippen LogP contribution in [0.25, 0.3) is 22.1 Å². The first-order valence-electron chi connectivity index (χ1n) is 16.4. The Morgan fingerprint density at radius 1 is 1.02 bits per heavy atom. The number of amides is 2. The van der Waals surface area contributed by atoms with E-state index in [0.29, 0.717) is 63.4 Å². The summed E-state index contributed by atoms with van der Waals surface area (Å²) in [6.45, 7) is 9.48. The van der Waals surface area contributed by atoms with Crippen LogP contribution in [0.15, 0.2) is 59.3 Å². The zero-order valence-corrected chi connectivity index (χ0v) is 27.9. The minimum Gasteiger partial charge on any atom is -0.463 e. The Morgan fingerprint density at radius 2 is 1.77 bits per heavy atom. The number of ether oxygens (including phenoxy) is 2. The molecule has 0 N–H and O–H groups in total. The molecular weight excluding hydrogens is 617 g/mol. The highest BCUT2D eigenvalue weighted by atomic mass is 19.1. The number of anilines is 1. The maximum Gasteiger partial charge on any atom is 0.410 e. The minimum absolute atomic E-state index is 0.00992. The summed E-state index contributed by atoms with van der Waals surface area (Å²) in [6.07, 6.45) is 4.99. The van der Waals surface area contributed by atoms with Gasteiger partial charge >= 0.3 is 12.1 Å². The fraction of sp³-hybridized carbons (Fsp3) is 0.444. The van der Waals surface area contributed by atoms with Crippen LogP contribution >= 0.6 is 0 Å². The Labute approximate surface area is 279 Å². The minimum atomic E-state index is -0.689. The van der Waals surface area contributed by atoms with Crippen LogP contribution in [0.5, 0.6) is 0 Å². The number of halogens is 1. The van der Waals surface area contributed by atoms with E-state index >= 15 is 4.39 Å². The fourth-order valence-electron chi connectivity index (χ4n) is 6.49. The number of aryl methyl sites for hydroxylation is 1. The molecule has 254 valence electrons. The average molecular weight is 660 g/mol. The normalized spacial score (nSPS) is 17.1. The number of nitrogens with zero attached hydrogens (tertiary/aromatic N) is 5. The summed E-state index contributed by atoms with van der Waals surface area (Å²) in [5.41, 5.74) is 2.65. The van der Waals surface area contributed by atoms with Crippen molar-refractivity contribution in [2.75, 3.05) is 51.3 Å². The van der Waals surface area contributed by atoms with Crippen molar-refractivity contribution < 1.29 is 32.7 Å². The van der Waals surface area contributed by atoms with Crippen molar-refractivity contribution in [1.29, 1.82) is 0 Å². The number of piperidine rings is 1. The van der Waals surface area contributed by atoms with E-state index in [2.05, 4.69) is 10.00 Å². The van der Waals surface area contributed by atoms with E-state index < -0.39 is 17.4 Å². The predicted molar refractivity (Wildman–Crippen MR) is 178 cm³/mol. The lowest BCUT2D eigenvalue weighted by molar-refractivity contribution is -0.132. The Bertz CT molecular complexity index is 1770. The second-order valence-electron chi connectivity index (χ2n) is 13.4. The standard InChI is InChI=1S/C36H42FN5O6/c1-36(2,3)48-35(45)40-19-17-39(18-20-40)26-10-8-24(9-11-26)28-21-27(32(37)29-22-30(34(44)46-4)47-33(28)29)25-7-5-14-41(23-25)31(43)12-16-42-15-6-13-38-42/h6,8-11,13,15,21-22,25H,5,7,12,14,16-20,23H2,1-4H3/t25-/m0/s1. The van der Waals surface area contributed by atoms with Crippen molar-refractivity contribution in [3.63, 3.8) is 0 Å². The van der Waals surface area contributed by atoms with Crippen molar-refractivity contribution in [2.24, 2.45) is 0 Å². The zero-order valence-electron chi connectivity index (χ0n) is 27.9. The van der Waals surface area contributed by atoms with E-state index in [-0.39, 0.29) is 34.6 Å². The number of hydrogen-bond donors (Lipinski definition) is 0. The van der Waals surface area contributed by atoms with Gasteiger partial charge in [-0.05, 0) is 69.0 Å². The number of hydrogen-bond acceptors (Lipinski definition) is 8. The van der Waals surface area contributed by atoms with Crippen LogP contribution in [0.3, 0.4) is 0 Å². The third-order valence-corrected chi connectivity index (χ3v) is 8.96. The highest BCUT2D eigenvalue weighted by Crippen LogP contribution is 2.40. The summed E-state index contributed by atoms with van der Waals surface area (Å²) in [5.74, 6) is -1.44. The molecule has 2 aliphatic rings. The van der Waals surface area contributed by atoms with E-state index in [4.69, 9.17) is 13.9 Å². The maximum absolute atomic E-state index is 16.3. The molecule has 2 aromatic heterocycles. The van der Waals surface area contributed by atoms with Crippen LogP contribution in [0, 0.1) is 5.82 Å². The predicted octanol–water partition coefficient (Wildman–Crippen LogP) is 6.08. The molecule has 48 heavy (non-hydrogen) atoms. The molecule has 1 atom stereocenters. The van der Waals surface area contributed by atoms with Crippen LogP contribution in [-0.2, 0) is 20.8 Å². The maximum atomic E-state index is 16.3. The van der Waals surface area contributed by atoms with Gasteiger partial charge in [0.05, 0.1) is 12.5 Å². The second-order valence-corrected chi connectivity index (χ2v) is 13.4. The zero-order chi connectivity index (χ0) is 34.0. The Morgan fingerprint density at radius 3 is 2.44 bits per heavy atom. The molecule has 2 amide bonds. The third-order valence-electron chi connectivity index (χ3n) is 8.96. The molecule has 0 unspecified atom stereocenters. The number of carbonyl (C=O) groups is 3. The molecule has 6 rings (SSSR count). The third kappa shape index (κ3) is 7.17. The summed E-state index contributed by atoms with van der Waals surface area (Å²) in [7, 11) is 1.25. The number of aromatic nitrogens is 2. The Hall–Kier alpha value is -4.87. The Balaban J connectivity index is 1.24. The van der Waals surface area contributed by atoms with Crippen LogP contribution in [0.1, 0.15) is 62.1 Å². The van der Waals surface area contributed by atoms with Gasteiger partial charge in [0, 0.05) is 87.9 Å². The van der Waals surface area contributed by atoms with Gasteiger partial charge in [0.25, 0.3) is 0 Å². The summed E-state index contributed by atoms with van der Waals surface area (Å²) in [4.78, 5) is 43.8. The number of rotatable bonds is 7. The molecule has 0 saturated carbocycles. The topological polar surface area (TPSA) is 110 Å². The molecule has 0 spiro atoms. The average Bonchev–Trinajstić information content (AvgIpc) is 3.78. The number of piperazine rings is 1. The van der Waals surface area contributed by atoms with Crippen molar-refractivity contribution in [3.05, 3.63) is 72.0 Å². The molecule has 2 fully saturated rings. The van der Waals surface area contributed by atoms with Gasteiger partial charge in [0.2, 0.25) is 11.7 Å². The molecule has 4 heterocycles. The molecule has 4 aromatic rings. The van der Waals surface area contributed by atoms with E-state index in [9.17, 15) is 14.4 Å². The van der Waals surface area contributed by atoms with Crippen LogP contribution < -0.4 is 4.90 Å². The SMILES string of the molecule is COC(=O)c1cc2c(F)c([C@H]3CCCN(C(=O)CCn4cccn4)C3)cc(-c3ccc(N4CCN(C(=O)OC(C)(C)C)CC4)cc3)c2o1.